The first-order valence-electron chi connectivity index (χ1n) is 7.59. The Morgan fingerprint density at radius 1 is 1.24 bits per heavy atom. The number of carboxylic acids is 1. The van der Waals surface area contributed by atoms with Gasteiger partial charge in [-0.25, -0.2) is 0 Å². The van der Waals surface area contributed by atoms with Gasteiger partial charge in [0.05, 0.1) is 0 Å². The van der Waals surface area contributed by atoms with Crippen LogP contribution in [0, 0.1) is 26.7 Å². The Kier molecular flexibility index (Phi) is 5.37. The number of carbonyl (C=O) groups is 1. The molecule has 0 saturated carbocycles. The van der Waals surface area contributed by atoms with Gasteiger partial charge in [0.1, 0.15) is 6.04 Å². The summed E-state index contributed by atoms with van der Waals surface area (Å²) in [6, 6.07) is 3.83. The second kappa shape index (κ2) is 7.05. The van der Waals surface area contributed by atoms with Crippen LogP contribution in [0.1, 0.15) is 35.1 Å². The molecule has 4 heteroatoms. The van der Waals surface area contributed by atoms with Crippen molar-refractivity contribution in [3.05, 3.63) is 34.4 Å². The molecule has 0 aromatic heterocycles. The van der Waals surface area contributed by atoms with E-state index >= 15 is 0 Å². The van der Waals surface area contributed by atoms with Crippen molar-refractivity contribution in [2.24, 2.45) is 5.92 Å². The minimum absolute atomic E-state index is 0.156. The highest BCUT2D eigenvalue weighted by Crippen LogP contribution is 2.20. The van der Waals surface area contributed by atoms with Gasteiger partial charge in [-0.2, -0.15) is 0 Å². The van der Waals surface area contributed by atoms with Gasteiger partial charge in [0.25, 0.3) is 0 Å². The molecule has 4 nitrogen and oxygen atoms in total. The van der Waals surface area contributed by atoms with Crippen molar-refractivity contribution in [2.45, 2.75) is 46.2 Å². The number of benzene rings is 1. The molecule has 2 N–H and O–H groups in total. The molecule has 1 unspecified atom stereocenters. The Bertz CT molecular complexity index is 507. The van der Waals surface area contributed by atoms with Crippen molar-refractivity contribution in [3.8, 4) is 0 Å². The molecule has 0 amide bonds. The minimum atomic E-state index is -0.761. The molecule has 1 aromatic carbocycles. The van der Waals surface area contributed by atoms with Crippen LogP contribution in [0.15, 0.2) is 12.1 Å². The standard InChI is InChI=1S/C17H25NO3/c1-11-8-13(3)15(9-12(11)2)10-18-16(17(19)20)14-4-6-21-7-5-14/h8-9,14,16,18H,4-7,10H2,1-3H3,(H,19,20). The molecule has 0 radical (unpaired) electrons. The Morgan fingerprint density at radius 2 is 1.86 bits per heavy atom. The summed E-state index contributed by atoms with van der Waals surface area (Å²) in [6.07, 6.45) is 1.63. The van der Waals surface area contributed by atoms with E-state index in [1.807, 2.05) is 0 Å². The minimum Gasteiger partial charge on any atom is -0.480 e. The van der Waals surface area contributed by atoms with Gasteiger partial charge in [-0.1, -0.05) is 12.1 Å². The van der Waals surface area contributed by atoms with E-state index in [9.17, 15) is 9.90 Å². The molecule has 0 bridgehead atoms. The number of nitrogens with one attached hydrogen (secondary N) is 1. The summed E-state index contributed by atoms with van der Waals surface area (Å²) in [7, 11) is 0. The number of aliphatic carboxylic acids is 1. The Hall–Kier alpha value is -1.39. The molecule has 1 fully saturated rings. The van der Waals surface area contributed by atoms with Crippen LogP contribution in [0.25, 0.3) is 0 Å². The van der Waals surface area contributed by atoms with Crippen LogP contribution in [0.2, 0.25) is 0 Å². The van der Waals surface area contributed by atoms with E-state index in [1.54, 1.807) is 0 Å². The van der Waals surface area contributed by atoms with Crippen LogP contribution in [-0.4, -0.2) is 30.3 Å². The summed E-state index contributed by atoms with van der Waals surface area (Å²) in [6.45, 7) is 8.19. The third-order valence-corrected chi connectivity index (χ3v) is 4.47. The monoisotopic (exact) mass is 291 g/mol. The van der Waals surface area contributed by atoms with Gasteiger partial charge in [0, 0.05) is 19.8 Å². The molecule has 0 spiro atoms. The van der Waals surface area contributed by atoms with Crippen molar-refractivity contribution in [2.75, 3.05) is 13.2 Å². The fourth-order valence-corrected chi connectivity index (χ4v) is 2.94. The summed E-state index contributed by atoms with van der Waals surface area (Å²) in [5.74, 6) is -0.605. The Balaban J connectivity index is 2.05. The third-order valence-electron chi connectivity index (χ3n) is 4.47. The molecular formula is C17H25NO3. The number of carboxylic acid groups (broad SMARTS) is 1. The summed E-state index contributed by atoms with van der Waals surface area (Å²) in [5, 5.41) is 12.7. The van der Waals surface area contributed by atoms with Crippen molar-refractivity contribution < 1.29 is 14.6 Å². The highest BCUT2D eigenvalue weighted by Gasteiger charge is 2.29. The van der Waals surface area contributed by atoms with E-state index in [2.05, 4.69) is 38.2 Å². The van der Waals surface area contributed by atoms with Crippen molar-refractivity contribution in [1.82, 2.24) is 5.32 Å². The normalized spacial score (nSPS) is 17.7. The third kappa shape index (κ3) is 4.05. The van der Waals surface area contributed by atoms with Gasteiger partial charge in [-0.3, -0.25) is 4.79 Å². The van der Waals surface area contributed by atoms with Crippen molar-refractivity contribution >= 4 is 5.97 Å². The van der Waals surface area contributed by atoms with Crippen LogP contribution in [0.3, 0.4) is 0 Å². The molecule has 1 heterocycles. The smallest absolute Gasteiger partial charge is 0.320 e. The van der Waals surface area contributed by atoms with E-state index in [4.69, 9.17) is 4.74 Å². The van der Waals surface area contributed by atoms with Gasteiger partial charge in [-0.15, -0.1) is 0 Å². The molecule has 21 heavy (non-hydrogen) atoms. The van der Waals surface area contributed by atoms with Crippen LogP contribution in [-0.2, 0) is 16.1 Å². The van der Waals surface area contributed by atoms with E-state index in [1.165, 1.54) is 22.3 Å². The van der Waals surface area contributed by atoms with Gasteiger partial charge in [0.15, 0.2) is 0 Å². The summed E-state index contributed by atoms with van der Waals surface area (Å²) in [5.41, 5.74) is 4.91. The number of rotatable bonds is 5. The fraction of sp³-hybridized carbons (Fsp3) is 0.588. The maximum atomic E-state index is 11.5. The molecule has 1 aliphatic rings. The Morgan fingerprint density at radius 3 is 2.48 bits per heavy atom. The lowest BCUT2D eigenvalue weighted by atomic mass is 9.91. The molecule has 116 valence electrons. The lowest BCUT2D eigenvalue weighted by molar-refractivity contribution is -0.142. The number of ether oxygens (including phenoxy) is 1. The van der Waals surface area contributed by atoms with Gasteiger partial charge >= 0.3 is 5.97 Å². The zero-order valence-corrected chi connectivity index (χ0v) is 13.1. The van der Waals surface area contributed by atoms with Crippen molar-refractivity contribution in [1.29, 1.82) is 0 Å². The van der Waals surface area contributed by atoms with E-state index in [0.717, 1.165) is 12.8 Å². The molecule has 1 aromatic rings. The highest BCUT2D eigenvalue weighted by molar-refractivity contribution is 5.73. The molecule has 0 aliphatic carbocycles. The Labute approximate surface area is 126 Å². The van der Waals surface area contributed by atoms with Crippen LogP contribution in [0.5, 0.6) is 0 Å². The topological polar surface area (TPSA) is 58.6 Å². The summed E-state index contributed by atoms with van der Waals surface area (Å²) < 4.78 is 5.32. The maximum absolute atomic E-state index is 11.5. The first kappa shape index (κ1) is 16.0. The zero-order chi connectivity index (χ0) is 15.4. The van der Waals surface area contributed by atoms with E-state index < -0.39 is 12.0 Å². The molecule has 1 aliphatic heterocycles. The lowest BCUT2D eigenvalue weighted by Gasteiger charge is -2.28. The maximum Gasteiger partial charge on any atom is 0.320 e. The first-order valence-corrected chi connectivity index (χ1v) is 7.59. The van der Waals surface area contributed by atoms with Gasteiger partial charge in [-0.05, 0) is 61.8 Å². The predicted molar refractivity (Wildman–Crippen MR) is 82.5 cm³/mol. The second-order valence-corrected chi connectivity index (χ2v) is 6.01. The van der Waals surface area contributed by atoms with Crippen LogP contribution >= 0.6 is 0 Å². The average Bonchev–Trinajstić information content (AvgIpc) is 2.45. The van der Waals surface area contributed by atoms with E-state index in [-0.39, 0.29) is 5.92 Å². The van der Waals surface area contributed by atoms with E-state index in [0.29, 0.717) is 19.8 Å². The largest absolute Gasteiger partial charge is 0.480 e. The quantitative estimate of drug-likeness (QED) is 0.875. The lowest BCUT2D eigenvalue weighted by Crippen LogP contribution is -2.44. The average molecular weight is 291 g/mol. The molecule has 1 saturated heterocycles. The van der Waals surface area contributed by atoms with Crippen LogP contribution in [0.4, 0.5) is 0 Å². The van der Waals surface area contributed by atoms with Gasteiger partial charge in [0.2, 0.25) is 0 Å². The number of hydrogen-bond donors (Lipinski definition) is 2. The molecular weight excluding hydrogens is 266 g/mol. The summed E-state index contributed by atoms with van der Waals surface area (Å²) in [4.78, 5) is 11.5. The van der Waals surface area contributed by atoms with Crippen molar-refractivity contribution in [3.63, 3.8) is 0 Å². The number of hydrogen-bond acceptors (Lipinski definition) is 3. The molecule has 1 atom stereocenters. The zero-order valence-electron chi connectivity index (χ0n) is 13.1. The SMILES string of the molecule is Cc1cc(C)c(CNC(C(=O)O)C2CCOCC2)cc1C. The molecule has 2 rings (SSSR count). The van der Waals surface area contributed by atoms with Gasteiger partial charge < -0.3 is 15.2 Å². The fourth-order valence-electron chi connectivity index (χ4n) is 2.94. The highest BCUT2D eigenvalue weighted by atomic mass is 16.5. The summed E-state index contributed by atoms with van der Waals surface area (Å²) >= 11 is 0. The van der Waals surface area contributed by atoms with Crippen LogP contribution < -0.4 is 5.32 Å². The first-order chi connectivity index (χ1) is 9.99. The second-order valence-electron chi connectivity index (χ2n) is 6.01. The predicted octanol–water partition coefficient (Wildman–Crippen LogP) is 2.58. The number of aryl methyl sites for hydroxylation is 3.